The minimum atomic E-state index is -3.96. The summed E-state index contributed by atoms with van der Waals surface area (Å²) in [6, 6.07) is -0.371. The van der Waals surface area contributed by atoms with Gasteiger partial charge in [-0.25, -0.2) is 8.37 Å². The maximum Gasteiger partial charge on any atom is 0.399 e. The predicted octanol–water partition coefficient (Wildman–Crippen LogP) is 6.62. The smallest absolute Gasteiger partial charge is 0.351 e. The summed E-state index contributed by atoms with van der Waals surface area (Å²) in [6.07, 6.45) is 19.9. The Bertz CT molecular complexity index is 556. The fraction of sp³-hybridized carbons (Fsp3) is 0.963. The third-order valence-corrected chi connectivity index (χ3v) is 6.72. The number of carbonyl (C=O) groups excluding carboxylic acids is 1. The lowest BCUT2D eigenvalue weighted by atomic mass is 10.0. The highest BCUT2D eigenvalue weighted by Crippen LogP contribution is 2.13. The molecule has 0 saturated carbocycles. The molecule has 0 spiro atoms. The molecule has 0 aliphatic heterocycles. The van der Waals surface area contributed by atoms with Gasteiger partial charge in [-0.2, -0.15) is 8.42 Å². The number of hydrogen-bond acceptors (Lipinski definition) is 6. The van der Waals surface area contributed by atoms with Crippen LogP contribution in [0, 0.1) is 0 Å². The van der Waals surface area contributed by atoms with E-state index in [4.69, 9.17) is 4.18 Å². The molecule has 1 amide bonds. The van der Waals surface area contributed by atoms with Crippen molar-refractivity contribution in [3.05, 3.63) is 0 Å². The topological polar surface area (TPSA) is 84.9 Å². The van der Waals surface area contributed by atoms with E-state index in [-0.39, 0.29) is 25.2 Å². The summed E-state index contributed by atoms with van der Waals surface area (Å²) in [5.41, 5.74) is 0. The van der Waals surface area contributed by atoms with Gasteiger partial charge >= 0.3 is 10.4 Å². The van der Waals surface area contributed by atoms with E-state index in [0.29, 0.717) is 6.42 Å². The van der Waals surface area contributed by atoms with Gasteiger partial charge in [-0.15, -0.1) is 0 Å². The SMILES string of the molecule is CCCCCCCCCCCCCCCCCC(=O)NC(C)COS(=O)(=O)OCC.CCN(C)C. The normalized spacial score (nSPS) is 12.3. The molecule has 0 aliphatic rings. The second-order valence-corrected chi connectivity index (χ2v) is 11.0. The quantitative estimate of drug-likeness (QED) is 0.152. The standard InChI is InChI=1S/C23H47NO5S.C4H11N/c1-4-6-7-8-9-10-11-12-13-14-15-16-17-18-19-20-23(25)24-22(3)21-29-30(26,27)28-5-2;1-4-5(2)3/h22H,4-21H2,1-3H3,(H,24,25);4H2,1-3H3. The average molecular weight is 523 g/mol. The van der Waals surface area contributed by atoms with Crippen LogP contribution in [-0.4, -0.2) is 59.1 Å². The van der Waals surface area contributed by atoms with E-state index in [1.54, 1.807) is 13.8 Å². The van der Waals surface area contributed by atoms with Crippen LogP contribution in [0.2, 0.25) is 0 Å². The number of rotatable bonds is 23. The van der Waals surface area contributed by atoms with E-state index < -0.39 is 10.4 Å². The van der Waals surface area contributed by atoms with Gasteiger partial charge in [0.2, 0.25) is 5.91 Å². The van der Waals surface area contributed by atoms with Crippen LogP contribution in [0.1, 0.15) is 130 Å². The highest BCUT2D eigenvalue weighted by atomic mass is 32.3. The predicted molar refractivity (Wildman–Crippen MR) is 148 cm³/mol. The van der Waals surface area contributed by atoms with Crippen molar-refractivity contribution in [1.82, 2.24) is 10.2 Å². The molecular weight excluding hydrogens is 464 g/mol. The molecule has 0 bridgehead atoms. The van der Waals surface area contributed by atoms with E-state index in [2.05, 4.69) is 42.3 Å². The Balaban J connectivity index is 0. The first-order valence-corrected chi connectivity index (χ1v) is 15.5. The average Bonchev–Trinajstić information content (AvgIpc) is 2.80. The lowest BCUT2D eigenvalue weighted by Crippen LogP contribution is -2.36. The molecule has 0 saturated heterocycles. The van der Waals surface area contributed by atoms with Crippen LogP contribution < -0.4 is 5.32 Å². The van der Waals surface area contributed by atoms with Crippen molar-refractivity contribution < 1.29 is 21.6 Å². The molecule has 0 aromatic rings. The molecule has 0 heterocycles. The van der Waals surface area contributed by atoms with E-state index in [1.165, 1.54) is 83.5 Å². The highest BCUT2D eigenvalue weighted by Gasteiger charge is 2.14. The Hall–Kier alpha value is -0.700. The van der Waals surface area contributed by atoms with Gasteiger partial charge in [0.05, 0.1) is 19.3 Å². The Morgan fingerprint density at radius 3 is 1.51 bits per heavy atom. The van der Waals surface area contributed by atoms with Crippen molar-refractivity contribution in [2.24, 2.45) is 0 Å². The van der Waals surface area contributed by atoms with Crippen molar-refractivity contribution >= 4 is 16.3 Å². The number of hydrogen-bond donors (Lipinski definition) is 1. The zero-order valence-electron chi connectivity index (χ0n) is 23.9. The van der Waals surface area contributed by atoms with Gasteiger partial charge in [0.15, 0.2) is 0 Å². The first-order chi connectivity index (χ1) is 16.7. The maximum absolute atomic E-state index is 11.9. The van der Waals surface area contributed by atoms with Crippen LogP contribution in [0.3, 0.4) is 0 Å². The van der Waals surface area contributed by atoms with Crippen LogP contribution >= 0.6 is 0 Å². The Labute approximate surface area is 218 Å². The fourth-order valence-electron chi connectivity index (χ4n) is 3.41. The molecule has 8 heteroatoms. The number of nitrogens with zero attached hydrogens (tertiary/aromatic N) is 1. The zero-order valence-corrected chi connectivity index (χ0v) is 24.7. The first-order valence-electron chi connectivity index (χ1n) is 14.2. The number of carbonyl (C=O) groups is 1. The molecule has 0 fully saturated rings. The molecule has 1 atom stereocenters. The minimum absolute atomic E-state index is 0.0300. The Morgan fingerprint density at radius 1 is 0.743 bits per heavy atom. The van der Waals surface area contributed by atoms with Gasteiger partial charge < -0.3 is 10.2 Å². The van der Waals surface area contributed by atoms with Crippen LogP contribution in [-0.2, 0) is 23.6 Å². The lowest BCUT2D eigenvalue weighted by Gasteiger charge is -2.13. The number of nitrogens with one attached hydrogen (secondary N) is 1. The molecule has 0 aromatic carbocycles. The molecule has 0 radical (unpaired) electrons. The third kappa shape index (κ3) is 31.3. The maximum atomic E-state index is 11.9. The van der Waals surface area contributed by atoms with Gasteiger partial charge in [-0.1, -0.05) is 104 Å². The van der Waals surface area contributed by atoms with E-state index in [9.17, 15) is 13.2 Å². The highest BCUT2D eigenvalue weighted by molar-refractivity contribution is 7.81. The van der Waals surface area contributed by atoms with E-state index >= 15 is 0 Å². The van der Waals surface area contributed by atoms with Crippen LogP contribution in [0.15, 0.2) is 0 Å². The summed E-state index contributed by atoms with van der Waals surface area (Å²) >= 11 is 0. The van der Waals surface area contributed by atoms with Gasteiger partial charge in [0.1, 0.15) is 0 Å². The number of amides is 1. The van der Waals surface area contributed by atoms with Gasteiger partial charge in [0, 0.05) is 6.42 Å². The first kappa shape index (κ1) is 36.5. The van der Waals surface area contributed by atoms with Crippen LogP contribution in [0.25, 0.3) is 0 Å². The molecule has 212 valence electrons. The molecule has 0 aromatic heterocycles. The number of unbranched alkanes of at least 4 members (excludes halogenated alkanes) is 14. The van der Waals surface area contributed by atoms with Crippen molar-refractivity contribution in [2.75, 3.05) is 33.9 Å². The molecule has 7 nitrogen and oxygen atoms in total. The lowest BCUT2D eigenvalue weighted by molar-refractivity contribution is -0.122. The van der Waals surface area contributed by atoms with Crippen molar-refractivity contribution in [3.8, 4) is 0 Å². The van der Waals surface area contributed by atoms with E-state index in [1.807, 2.05) is 0 Å². The molecule has 0 aliphatic carbocycles. The molecule has 35 heavy (non-hydrogen) atoms. The molecule has 0 rings (SSSR count). The zero-order chi connectivity index (χ0) is 26.8. The van der Waals surface area contributed by atoms with Crippen LogP contribution in [0.4, 0.5) is 0 Å². The van der Waals surface area contributed by atoms with E-state index in [0.717, 1.165) is 19.4 Å². The summed E-state index contributed by atoms with van der Waals surface area (Å²) in [6.45, 7) is 8.73. The summed E-state index contributed by atoms with van der Waals surface area (Å²) in [5, 5.41) is 2.76. The Morgan fingerprint density at radius 2 is 1.14 bits per heavy atom. The molecule has 1 N–H and O–H groups in total. The Kier molecular flexibility index (Phi) is 27.5. The van der Waals surface area contributed by atoms with Gasteiger partial charge in [-0.05, 0) is 40.9 Å². The largest absolute Gasteiger partial charge is 0.399 e. The summed E-state index contributed by atoms with van der Waals surface area (Å²) in [7, 11) is 0.154. The van der Waals surface area contributed by atoms with Crippen molar-refractivity contribution in [3.63, 3.8) is 0 Å². The molecule has 1 unspecified atom stereocenters. The van der Waals surface area contributed by atoms with Crippen LogP contribution in [0.5, 0.6) is 0 Å². The van der Waals surface area contributed by atoms with Gasteiger partial charge in [-0.3, -0.25) is 4.79 Å². The second-order valence-electron chi connectivity index (χ2n) is 9.66. The van der Waals surface area contributed by atoms with Crippen molar-refractivity contribution in [2.45, 2.75) is 136 Å². The summed E-state index contributed by atoms with van der Waals surface area (Å²) < 4.78 is 31.8. The fourth-order valence-corrected chi connectivity index (χ4v) is 4.14. The van der Waals surface area contributed by atoms with Crippen molar-refractivity contribution in [1.29, 1.82) is 0 Å². The monoisotopic (exact) mass is 522 g/mol. The molecular formula is C27H58N2O5S. The summed E-state index contributed by atoms with van der Waals surface area (Å²) in [5.74, 6) is -0.0606. The third-order valence-electron chi connectivity index (χ3n) is 5.77. The minimum Gasteiger partial charge on any atom is -0.351 e. The van der Waals surface area contributed by atoms with Gasteiger partial charge in [0.25, 0.3) is 0 Å². The second kappa shape index (κ2) is 26.4. The summed E-state index contributed by atoms with van der Waals surface area (Å²) in [4.78, 5) is 14.0.